The monoisotopic (exact) mass is 280 g/mol. The van der Waals surface area contributed by atoms with E-state index in [2.05, 4.69) is 4.98 Å². The van der Waals surface area contributed by atoms with E-state index in [0.717, 1.165) is 22.0 Å². The molecule has 0 radical (unpaired) electrons. The lowest BCUT2D eigenvalue weighted by Gasteiger charge is -2.20. The van der Waals surface area contributed by atoms with E-state index in [-0.39, 0.29) is 12.6 Å². The molecule has 19 heavy (non-hydrogen) atoms. The topological polar surface area (TPSA) is 36.3 Å². The van der Waals surface area contributed by atoms with Crippen LogP contribution in [0.4, 0.5) is 4.39 Å². The molecular formula is C13H13FN2O2S. The largest absolute Gasteiger partial charge is 0.467 e. The van der Waals surface area contributed by atoms with Crippen LogP contribution in [0.25, 0.3) is 0 Å². The van der Waals surface area contributed by atoms with Crippen LogP contribution in [0, 0.1) is 5.82 Å². The van der Waals surface area contributed by atoms with Crippen molar-refractivity contribution in [1.82, 2.24) is 9.55 Å². The molecule has 100 valence electrons. The van der Waals surface area contributed by atoms with Gasteiger partial charge in [0.15, 0.2) is 11.9 Å². The van der Waals surface area contributed by atoms with E-state index in [1.54, 1.807) is 18.0 Å². The van der Waals surface area contributed by atoms with Gasteiger partial charge >= 0.3 is 0 Å². The minimum Gasteiger partial charge on any atom is -0.467 e. The number of hydrogen-bond acceptors (Lipinski definition) is 4. The molecule has 6 heteroatoms. The number of aryl methyl sites for hydroxylation is 1. The van der Waals surface area contributed by atoms with Crippen LogP contribution in [-0.4, -0.2) is 16.3 Å². The van der Waals surface area contributed by atoms with Crippen molar-refractivity contribution in [3.8, 4) is 5.75 Å². The summed E-state index contributed by atoms with van der Waals surface area (Å²) in [6.45, 7) is 0.617. The van der Waals surface area contributed by atoms with Gasteiger partial charge in [0.05, 0.1) is 6.61 Å². The summed E-state index contributed by atoms with van der Waals surface area (Å²) in [4.78, 5) is 4.23. The third-order valence-electron chi connectivity index (χ3n) is 2.89. The quantitative estimate of drug-likeness (QED) is 0.810. The van der Waals surface area contributed by atoms with Gasteiger partial charge in [0.2, 0.25) is 0 Å². The van der Waals surface area contributed by atoms with Gasteiger partial charge in [-0.3, -0.25) is 0 Å². The van der Waals surface area contributed by atoms with Crippen molar-refractivity contribution in [3.63, 3.8) is 0 Å². The van der Waals surface area contributed by atoms with Crippen LogP contribution in [0.3, 0.4) is 0 Å². The molecule has 0 unspecified atom stereocenters. The number of imidazole rings is 1. The summed E-state index contributed by atoms with van der Waals surface area (Å²) in [5.74, 6) is 1.10. The Morgan fingerprint density at radius 3 is 3.16 bits per heavy atom. The summed E-state index contributed by atoms with van der Waals surface area (Å²) >= 11 is 1.55. The molecule has 1 aliphatic heterocycles. The Hall–Kier alpha value is -1.53. The zero-order valence-electron chi connectivity index (χ0n) is 10.4. The molecule has 1 aliphatic rings. The second kappa shape index (κ2) is 5.22. The fraction of sp³-hybridized carbons (Fsp3) is 0.308. The van der Waals surface area contributed by atoms with Crippen LogP contribution in [0.2, 0.25) is 0 Å². The lowest BCUT2D eigenvalue weighted by atomic mass is 10.1. The van der Waals surface area contributed by atoms with E-state index >= 15 is 0 Å². The first-order chi connectivity index (χ1) is 9.24. The molecule has 2 heterocycles. The highest BCUT2D eigenvalue weighted by molar-refractivity contribution is 7.98. The van der Waals surface area contributed by atoms with Crippen LogP contribution >= 0.6 is 11.8 Å². The van der Waals surface area contributed by atoms with Gasteiger partial charge < -0.3 is 14.0 Å². The first-order valence-corrected chi connectivity index (χ1v) is 6.84. The van der Waals surface area contributed by atoms with Crippen LogP contribution in [0.15, 0.2) is 29.7 Å². The minimum absolute atomic E-state index is 0.221. The Labute approximate surface area is 114 Å². The number of hydrogen-bond donors (Lipinski definition) is 0. The Morgan fingerprint density at radius 2 is 2.37 bits per heavy atom. The molecule has 1 aromatic carbocycles. The van der Waals surface area contributed by atoms with Gasteiger partial charge in [-0.1, -0.05) is 11.8 Å². The first-order valence-electron chi connectivity index (χ1n) is 5.86. The van der Waals surface area contributed by atoms with Gasteiger partial charge in [-0.15, -0.1) is 0 Å². The first kappa shape index (κ1) is 12.5. The molecule has 0 aliphatic carbocycles. The van der Waals surface area contributed by atoms with E-state index < -0.39 is 0 Å². The van der Waals surface area contributed by atoms with Crippen LogP contribution < -0.4 is 4.74 Å². The number of ether oxygens (including phenoxy) is 2. The highest BCUT2D eigenvalue weighted by Gasteiger charge is 2.17. The maximum absolute atomic E-state index is 13.6. The predicted octanol–water partition coefficient (Wildman–Crippen LogP) is 2.72. The van der Waals surface area contributed by atoms with E-state index in [0.29, 0.717) is 12.4 Å². The third kappa shape index (κ3) is 2.59. The molecule has 0 saturated heterocycles. The minimum atomic E-state index is -0.261. The zero-order chi connectivity index (χ0) is 13.2. The van der Waals surface area contributed by atoms with Crippen molar-refractivity contribution in [3.05, 3.63) is 41.5 Å². The molecule has 3 rings (SSSR count). The van der Waals surface area contributed by atoms with Gasteiger partial charge in [0.1, 0.15) is 11.6 Å². The third-order valence-corrected chi connectivity index (χ3v) is 3.99. The number of thioether (sulfide) groups is 1. The van der Waals surface area contributed by atoms with Crippen LogP contribution in [0.1, 0.15) is 11.1 Å². The molecule has 0 spiro atoms. The Bertz CT molecular complexity index is 600. The summed E-state index contributed by atoms with van der Waals surface area (Å²) in [6.07, 6.45) is 3.63. The maximum Gasteiger partial charge on any atom is 0.189 e. The lowest BCUT2D eigenvalue weighted by molar-refractivity contribution is -0.0171. The molecule has 2 aromatic rings. The fourth-order valence-corrected chi connectivity index (χ4v) is 2.90. The predicted molar refractivity (Wildman–Crippen MR) is 69.5 cm³/mol. The number of halogens is 1. The van der Waals surface area contributed by atoms with Crippen molar-refractivity contribution in [1.29, 1.82) is 0 Å². The normalized spacial score (nSPS) is 14.0. The highest BCUT2D eigenvalue weighted by Crippen LogP contribution is 2.33. The number of fused-ring (bicyclic) bond motifs is 1. The molecule has 0 saturated carbocycles. The number of benzene rings is 1. The number of rotatable bonds is 3. The highest BCUT2D eigenvalue weighted by atomic mass is 32.2. The van der Waals surface area contributed by atoms with Gasteiger partial charge in [-0.25, -0.2) is 9.37 Å². The second-order valence-corrected chi connectivity index (χ2v) is 5.22. The van der Waals surface area contributed by atoms with Crippen LogP contribution in [-0.2, 0) is 24.1 Å². The standard InChI is InChI=1S/C13H13FN2O2S/c1-16-3-2-15-13(16)19-7-10-5-11(14)4-9-6-17-8-18-12(9)10/h2-5H,6-8H2,1H3. The summed E-state index contributed by atoms with van der Waals surface area (Å²) in [5.41, 5.74) is 1.60. The average molecular weight is 280 g/mol. The SMILES string of the molecule is Cn1ccnc1SCc1cc(F)cc2c1OCOC2. The van der Waals surface area contributed by atoms with E-state index in [9.17, 15) is 4.39 Å². The van der Waals surface area contributed by atoms with E-state index in [1.807, 2.05) is 17.8 Å². The Kier molecular flexibility index (Phi) is 3.44. The Balaban J connectivity index is 1.84. The number of aromatic nitrogens is 2. The van der Waals surface area contributed by atoms with E-state index in [4.69, 9.17) is 9.47 Å². The van der Waals surface area contributed by atoms with Crippen molar-refractivity contribution in [2.24, 2.45) is 7.05 Å². The van der Waals surface area contributed by atoms with Crippen molar-refractivity contribution < 1.29 is 13.9 Å². The van der Waals surface area contributed by atoms with Gasteiger partial charge in [0, 0.05) is 36.3 Å². The number of nitrogens with zero attached hydrogens (tertiary/aromatic N) is 2. The molecule has 1 aromatic heterocycles. The molecule has 0 atom stereocenters. The molecular weight excluding hydrogens is 267 g/mol. The Morgan fingerprint density at radius 1 is 1.47 bits per heavy atom. The zero-order valence-corrected chi connectivity index (χ0v) is 11.2. The second-order valence-electron chi connectivity index (χ2n) is 4.27. The van der Waals surface area contributed by atoms with Crippen LogP contribution in [0.5, 0.6) is 5.75 Å². The fourth-order valence-electron chi connectivity index (χ4n) is 2.00. The molecule has 0 N–H and O–H groups in total. The maximum atomic E-state index is 13.6. The van der Waals surface area contributed by atoms with E-state index in [1.165, 1.54) is 12.1 Å². The lowest BCUT2D eigenvalue weighted by Crippen LogP contribution is -2.13. The smallest absolute Gasteiger partial charge is 0.189 e. The molecule has 4 nitrogen and oxygen atoms in total. The van der Waals surface area contributed by atoms with Gasteiger partial charge in [0.25, 0.3) is 0 Å². The molecule has 0 fully saturated rings. The molecule has 0 bridgehead atoms. The van der Waals surface area contributed by atoms with Crippen molar-refractivity contribution in [2.45, 2.75) is 17.5 Å². The average Bonchev–Trinajstić information content (AvgIpc) is 2.81. The van der Waals surface area contributed by atoms with Gasteiger partial charge in [-0.2, -0.15) is 0 Å². The van der Waals surface area contributed by atoms with Gasteiger partial charge in [-0.05, 0) is 12.1 Å². The summed E-state index contributed by atoms with van der Waals surface area (Å²) in [6, 6.07) is 2.98. The summed E-state index contributed by atoms with van der Waals surface area (Å²) in [5, 5.41) is 0.894. The summed E-state index contributed by atoms with van der Waals surface area (Å²) in [7, 11) is 1.93. The van der Waals surface area contributed by atoms with Crippen molar-refractivity contribution >= 4 is 11.8 Å². The van der Waals surface area contributed by atoms with Crippen molar-refractivity contribution in [2.75, 3.05) is 6.79 Å². The molecule has 0 amide bonds. The summed E-state index contributed by atoms with van der Waals surface area (Å²) < 4.78 is 26.1.